The first-order chi connectivity index (χ1) is 11.8. The molecule has 0 aromatic rings. The summed E-state index contributed by atoms with van der Waals surface area (Å²) in [5, 5.41) is 9.45. The third-order valence-corrected chi connectivity index (χ3v) is 7.23. The van der Waals surface area contributed by atoms with Crippen LogP contribution in [-0.4, -0.2) is 84.7 Å². The van der Waals surface area contributed by atoms with Crippen molar-refractivity contribution in [3.8, 4) is 0 Å². The minimum atomic E-state index is -3.08. The van der Waals surface area contributed by atoms with Gasteiger partial charge in [-0.15, -0.1) is 0 Å². The molecule has 5 unspecified atom stereocenters. The van der Waals surface area contributed by atoms with E-state index >= 15 is 0 Å². The monoisotopic (exact) mass is 390 g/mol. The lowest BCUT2D eigenvalue weighted by molar-refractivity contribution is -0.0302. The van der Waals surface area contributed by atoms with Crippen LogP contribution in [-0.2, 0) is 39.6 Å². The quantitative estimate of drug-likeness (QED) is 0.470. The average Bonchev–Trinajstić information content (AvgIpc) is 3.03. The van der Waals surface area contributed by atoms with E-state index in [1.807, 2.05) is 13.8 Å². The maximum atomic E-state index is 9.45. The summed E-state index contributed by atoms with van der Waals surface area (Å²) >= 11 is 5.44. The van der Waals surface area contributed by atoms with Gasteiger partial charge in [0.2, 0.25) is 0 Å². The van der Waals surface area contributed by atoms with Crippen LogP contribution in [0, 0.1) is 11.8 Å². The number of methoxy groups -OCH3 is 1. The molecule has 7 nitrogen and oxygen atoms in total. The fraction of sp³-hybridized carbons (Fsp3) is 1.00. The number of ether oxygens (including phenoxy) is 3. The van der Waals surface area contributed by atoms with E-state index in [2.05, 4.69) is 0 Å². The van der Waals surface area contributed by atoms with Gasteiger partial charge in [-0.05, 0) is 11.8 Å². The molecule has 0 spiro atoms. The lowest BCUT2D eigenvalue weighted by Gasteiger charge is -2.29. The molecule has 2 aliphatic heterocycles. The predicted molar refractivity (Wildman–Crippen MR) is 97.2 cm³/mol. The zero-order valence-electron chi connectivity index (χ0n) is 14.9. The molecular weight excluding hydrogens is 365 g/mol. The van der Waals surface area contributed by atoms with Crippen LogP contribution in [0.1, 0.15) is 13.8 Å². The first-order valence-corrected chi connectivity index (χ1v) is 10.8. The van der Waals surface area contributed by atoms with Crippen LogP contribution in [0.4, 0.5) is 0 Å². The first-order valence-electron chi connectivity index (χ1n) is 8.20. The van der Waals surface area contributed by atoms with E-state index in [-0.39, 0.29) is 37.3 Å². The van der Waals surface area contributed by atoms with Gasteiger partial charge in [-0.1, -0.05) is 13.8 Å². The number of hydrogen-bond donors (Lipinski definition) is 1. The van der Waals surface area contributed by atoms with Crippen molar-refractivity contribution in [2.45, 2.75) is 50.3 Å². The van der Waals surface area contributed by atoms with E-state index < -0.39 is 30.9 Å². The lowest BCUT2D eigenvalue weighted by Crippen LogP contribution is -2.33. The molecule has 2 fully saturated rings. The maximum absolute atomic E-state index is 9.45. The van der Waals surface area contributed by atoms with Crippen molar-refractivity contribution in [1.29, 1.82) is 0 Å². The molecule has 4 radical (unpaired) electrons. The SMILES string of the molecule is [B][C@@H]1O[C@H](COP(=S)(OC)OC2C(C)[C@H]([B])O[C@@H]2CO)C(OC)C1C. The molecule has 2 heterocycles. The largest absolute Gasteiger partial charge is 0.394 e. The standard InChI is InChI=1S/C14H25B2O7PS/c1-7-11(18-3)10(22-13(7)15)6-20-24(25,19-4)23-12-8(2)14(16)21-9(12)5-17/h7-14,17H,5-6H2,1-4H3/t7?,8?,9-,10-,11?,12?,13-,14-,24?/m1/s1. The number of rotatable bonds is 8. The summed E-state index contributed by atoms with van der Waals surface area (Å²) in [6.45, 7) is 0.625. The van der Waals surface area contributed by atoms with E-state index in [4.69, 9.17) is 55.3 Å². The van der Waals surface area contributed by atoms with E-state index in [0.29, 0.717) is 0 Å². The van der Waals surface area contributed by atoms with Crippen LogP contribution in [0.2, 0.25) is 0 Å². The molecule has 11 heteroatoms. The molecule has 1 N–H and O–H groups in total. The molecule has 0 saturated carbocycles. The molecular formula is C14H25B2O7PS. The highest BCUT2D eigenvalue weighted by atomic mass is 32.5. The molecule has 140 valence electrons. The van der Waals surface area contributed by atoms with Gasteiger partial charge < -0.3 is 32.9 Å². The normalized spacial score (nSPS) is 44.0. The van der Waals surface area contributed by atoms with E-state index in [0.717, 1.165) is 0 Å². The average molecular weight is 390 g/mol. The molecule has 25 heavy (non-hydrogen) atoms. The minimum absolute atomic E-state index is 0.0277. The van der Waals surface area contributed by atoms with Gasteiger partial charge in [0.1, 0.15) is 27.9 Å². The summed E-state index contributed by atoms with van der Waals surface area (Å²) in [6.07, 6.45) is -1.67. The summed E-state index contributed by atoms with van der Waals surface area (Å²) in [5.41, 5.74) is 0. The number of aliphatic hydroxyl groups is 1. The smallest absolute Gasteiger partial charge is 0.327 e. The van der Waals surface area contributed by atoms with Gasteiger partial charge in [-0.3, -0.25) is 0 Å². The molecule has 0 aromatic carbocycles. The molecule has 0 bridgehead atoms. The van der Waals surface area contributed by atoms with Gasteiger partial charge in [0.25, 0.3) is 0 Å². The molecule has 0 amide bonds. The summed E-state index contributed by atoms with van der Waals surface area (Å²) in [4.78, 5) is 0. The second-order valence-corrected chi connectivity index (χ2v) is 9.45. The van der Waals surface area contributed by atoms with E-state index in [1.165, 1.54) is 7.11 Å². The van der Waals surface area contributed by atoms with Gasteiger partial charge >= 0.3 is 6.72 Å². The lowest BCUT2D eigenvalue weighted by atomic mass is 9.86. The Morgan fingerprint density at radius 1 is 1.04 bits per heavy atom. The van der Waals surface area contributed by atoms with Crippen molar-refractivity contribution in [2.24, 2.45) is 11.8 Å². The third-order valence-electron chi connectivity index (χ3n) is 4.79. The highest BCUT2D eigenvalue weighted by molar-refractivity contribution is 8.07. The van der Waals surface area contributed by atoms with Gasteiger partial charge in [0.15, 0.2) is 0 Å². The second kappa shape index (κ2) is 9.13. The van der Waals surface area contributed by atoms with Crippen LogP contribution in [0.25, 0.3) is 0 Å². The second-order valence-electron chi connectivity index (χ2n) is 6.38. The summed E-state index contributed by atoms with van der Waals surface area (Å²) in [5.74, 6) is -0.138. The van der Waals surface area contributed by atoms with Crippen molar-refractivity contribution >= 4 is 34.2 Å². The number of aliphatic hydroxyl groups excluding tert-OH is 1. The molecule has 2 aliphatic rings. The highest BCUT2D eigenvalue weighted by Crippen LogP contribution is 2.53. The Kier molecular flexibility index (Phi) is 7.96. The highest BCUT2D eigenvalue weighted by Gasteiger charge is 2.44. The van der Waals surface area contributed by atoms with Gasteiger partial charge in [-0.2, -0.15) is 0 Å². The zero-order valence-corrected chi connectivity index (χ0v) is 16.7. The minimum Gasteiger partial charge on any atom is -0.394 e. The van der Waals surface area contributed by atoms with Gasteiger partial charge in [0, 0.05) is 38.1 Å². The Morgan fingerprint density at radius 2 is 1.60 bits per heavy atom. The summed E-state index contributed by atoms with van der Waals surface area (Å²) in [7, 11) is 14.8. The van der Waals surface area contributed by atoms with Crippen LogP contribution < -0.4 is 0 Å². The van der Waals surface area contributed by atoms with E-state index in [9.17, 15) is 5.11 Å². The Labute approximate surface area is 157 Å². The maximum Gasteiger partial charge on any atom is 0.327 e. The van der Waals surface area contributed by atoms with E-state index in [1.54, 1.807) is 7.11 Å². The summed E-state index contributed by atoms with van der Waals surface area (Å²) < 4.78 is 33.6. The zero-order chi connectivity index (χ0) is 18.8. The fourth-order valence-electron chi connectivity index (χ4n) is 3.11. The van der Waals surface area contributed by atoms with Gasteiger partial charge in [-0.25, -0.2) is 0 Å². The summed E-state index contributed by atoms with van der Waals surface area (Å²) in [6, 6.07) is -0.975. The first kappa shape index (κ1) is 21.8. The number of hydrogen-bond acceptors (Lipinski definition) is 8. The Bertz CT molecular complexity index is 488. The molecule has 0 aromatic heterocycles. The van der Waals surface area contributed by atoms with Crippen LogP contribution in [0.5, 0.6) is 0 Å². The predicted octanol–water partition coefficient (Wildman–Crippen LogP) is 0.325. The Morgan fingerprint density at radius 3 is 2.12 bits per heavy atom. The third kappa shape index (κ3) is 4.86. The Balaban J connectivity index is 1.99. The van der Waals surface area contributed by atoms with Crippen molar-refractivity contribution in [1.82, 2.24) is 0 Å². The molecule has 9 atom stereocenters. The fourth-order valence-corrected chi connectivity index (χ4v) is 4.80. The van der Waals surface area contributed by atoms with Crippen molar-refractivity contribution < 1.29 is 32.9 Å². The van der Waals surface area contributed by atoms with Crippen LogP contribution in [0.3, 0.4) is 0 Å². The van der Waals surface area contributed by atoms with Gasteiger partial charge in [0.05, 0.1) is 25.4 Å². The topological polar surface area (TPSA) is 75.6 Å². The van der Waals surface area contributed by atoms with Crippen molar-refractivity contribution in [3.05, 3.63) is 0 Å². The molecule has 0 aliphatic carbocycles. The Hall–Kier alpha value is 0.500. The van der Waals surface area contributed by atoms with Crippen LogP contribution in [0.15, 0.2) is 0 Å². The molecule has 2 saturated heterocycles. The van der Waals surface area contributed by atoms with Crippen LogP contribution >= 0.6 is 6.72 Å². The van der Waals surface area contributed by atoms with Crippen molar-refractivity contribution in [2.75, 3.05) is 27.4 Å². The molecule has 2 rings (SSSR count). The van der Waals surface area contributed by atoms with Crippen molar-refractivity contribution in [3.63, 3.8) is 0 Å².